The molecule has 4 rings (SSSR count). The Kier molecular flexibility index (Phi) is 3.31. The Bertz CT molecular complexity index is 990. The zero-order valence-corrected chi connectivity index (χ0v) is 13.6. The molecule has 0 radical (unpaired) electrons. The molecule has 1 aromatic carbocycles. The van der Waals surface area contributed by atoms with Crippen LogP contribution in [0.5, 0.6) is 0 Å². The number of fused-ring (bicyclic) bond motifs is 3. The fourth-order valence-electron chi connectivity index (χ4n) is 3.04. The largest absolute Gasteiger partial charge is 0.280 e. The van der Waals surface area contributed by atoms with Crippen molar-refractivity contribution in [3.05, 3.63) is 23.9 Å². The van der Waals surface area contributed by atoms with E-state index in [1.54, 1.807) is 22.5 Å². The molecule has 0 amide bonds. The van der Waals surface area contributed by atoms with E-state index in [2.05, 4.69) is 20.4 Å². The van der Waals surface area contributed by atoms with Crippen LogP contribution in [0, 0.1) is 6.92 Å². The molecule has 1 aliphatic heterocycles. The van der Waals surface area contributed by atoms with Crippen LogP contribution in [0.15, 0.2) is 23.1 Å². The normalized spacial score (nSPS) is 17.1. The van der Waals surface area contributed by atoms with Gasteiger partial charge in [-0.3, -0.25) is 5.10 Å². The molecule has 0 saturated carbocycles. The maximum absolute atomic E-state index is 12.8. The summed E-state index contributed by atoms with van der Waals surface area (Å²) in [5, 5.41) is 16.1. The van der Waals surface area contributed by atoms with Gasteiger partial charge in [0.2, 0.25) is 10.0 Å². The Morgan fingerprint density at radius 1 is 1.09 bits per heavy atom. The molecule has 2 aromatic heterocycles. The van der Waals surface area contributed by atoms with Gasteiger partial charge in [0.1, 0.15) is 11.0 Å². The van der Waals surface area contributed by atoms with E-state index in [0.29, 0.717) is 39.9 Å². The summed E-state index contributed by atoms with van der Waals surface area (Å²) in [6, 6.07) is 4.96. The standard InChI is InChI=1S/C15H17N5O2S/c1-10-14-15(19-16-10)12-9-11(5-6-13(12)17-18-14)23(21,22)20-7-3-2-4-8-20/h5-6,9H,2-4,7-8H2,1H3,(H,16,19). The van der Waals surface area contributed by atoms with Crippen LogP contribution in [0.4, 0.5) is 0 Å². The number of aromatic amines is 1. The van der Waals surface area contributed by atoms with Crippen molar-refractivity contribution in [3.8, 4) is 0 Å². The number of sulfonamides is 1. The lowest BCUT2D eigenvalue weighted by molar-refractivity contribution is 0.346. The maximum atomic E-state index is 12.8. The highest BCUT2D eigenvalue weighted by Gasteiger charge is 2.26. The number of benzene rings is 1. The molecule has 0 spiro atoms. The van der Waals surface area contributed by atoms with E-state index >= 15 is 0 Å². The lowest BCUT2D eigenvalue weighted by Gasteiger charge is -2.25. The number of H-pyrrole nitrogens is 1. The second-order valence-electron chi connectivity index (χ2n) is 5.89. The highest BCUT2D eigenvalue weighted by atomic mass is 32.2. The van der Waals surface area contributed by atoms with Crippen LogP contribution >= 0.6 is 0 Å². The lowest BCUT2D eigenvalue weighted by Crippen LogP contribution is -2.35. The number of rotatable bonds is 2. The van der Waals surface area contributed by atoms with Crippen molar-refractivity contribution in [1.29, 1.82) is 0 Å². The molecule has 1 saturated heterocycles. The van der Waals surface area contributed by atoms with Crippen molar-refractivity contribution in [2.24, 2.45) is 0 Å². The SMILES string of the molecule is Cc1[nH]nc2c1nnc1ccc(S(=O)(=O)N3CCCCC3)cc12. The van der Waals surface area contributed by atoms with Crippen LogP contribution in [0.3, 0.4) is 0 Å². The third-order valence-electron chi connectivity index (χ3n) is 4.35. The first-order valence-corrected chi connectivity index (χ1v) is 9.13. The van der Waals surface area contributed by atoms with Gasteiger partial charge in [-0.05, 0) is 38.0 Å². The molecule has 0 atom stereocenters. The third-order valence-corrected chi connectivity index (χ3v) is 6.24. The zero-order chi connectivity index (χ0) is 16.0. The van der Waals surface area contributed by atoms with Gasteiger partial charge in [0.15, 0.2) is 0 Å². The van der Waals surface area contributed by atoms with Gasteiger partial charge < -0.3 is 0 Å². The number of nitrogens with one attached hydrogen (secondary N) is 1. The van der Waals surface area contributed by atoms with E-state index in [0.717, 1.165) is 25.0 Å². The summed E-state index contributed by atoms with van der Waals surface area (Å²) in [5.41, 5.74) is 2.79. The minimum Gasteiger partial charge on any atom is -0.280 e. The molecular weight excluding hydrogens is 314 g/mol. The fraction of sp³-hybridized carbons (Fsp3) is 0.400. The summed E-state index contributed by atoms with van der Waals surface area (Å²) < 4.78 is 27.2. The first-order valence-electron chi connectivity index (χ1n) is 7.68. The molecule has 1 aliphatic rings. The van der Waals surface area contributed by atoms with Crippen LogP contribution in [0.1, 0.15) is 25.0 Å². The summed E-state index contributed by atoms with van der Waals surface area (Å²) in [5.74, 6) is 0. The van der Waals surface area contributed by atoms with E-state index in [-0.39, 0.29) is 0 Å². The Balaban J connectivity index is 1.89. The van der Waals surface area contributed by atoms with E-state index in [1.165, 1.54) is 0 Å². The Labute approximate surface area is 133 Å². The zero-order valence-electron chi connectivity index (χ0n) is 12.8. The topological polar surface area (TPSA) is 91.8 Å². The first-order chi connectivity index (χ1) is 11.1. The van der Waals surface area contributed by atoms with Crippen molar-refractivity contribution < 1.29 is 8.42 Å². The Morgan fingerprint density at radius 2 is 1.87 bits per heavy atom. The van der Waals surface area contributed by atoms with Crippen LogP contribution in [-0.4, -0.2) is 46.2 Å². The molecule has 8 heteroatoms. The molecule has 3 aromatic rings. The molecular formula is C15H17N5O2S. The van der Waals surface area contributed by atoms with Crippen molar-refractivity contribution in [1.82, 2.24) is 24.7 Å². The monoisotopic (exact) mass is 331 g/mol. The predicted molar refractivity (Wildman–Crippen MR) is 86.5 cm³/mol. The van der Waals surface area contributed by atoms with Crippen LogP contribution < -0.4 is 0 Å². The second kappa shape index (κ2) is 5.24. The van der Waals surface area contributed by atoms with Gasteiger partial charge >= 0.3 is 0 Å². The summed E-state index contributed by atoms with van der Waals surface area (Å²) in [4.78, 5) is 0.293. The molecule has 7 nitrogen and oxygen atoms in total. The van der Waals surface area contributed by atoms with E-state index in [9.17, 15) is 8.42 Å². The van der Waals surface area contributed by atoms with Gasteiger partial charge in [-0.1, -0.05) is 6.42 Å². The van der Waals surface area contributed by atoms with Crippen LogP contribution in [-0.2, 0) is 10.0 Å². The summed E-state index contributed by atoms with van der Waals surface area (Å²) in [7, 11) is -3.47. The molecule has 0 bridgehead atoms. The Hall–Kier alpha value is -2.06. The van der Waals surface area contributed by atoms with Crippen molar-refractivity contribution in [2.75, 3.05) is 13.1 Å². The minimum absolute atomic E-state index is 0.293. The smallest absolute Gasteiger partial charge is 0.243 e. The predicted octanol–water partition coefficient (Wildman–Crippen LogP) is 1.99. The molecule has 1 fully saturated rings. The van der Waals surface area contributed by atoms with Crippen molar-refractivity contribution >= 4 is 32.0 Å². The average Bonchev–Trinajstić information content (AvgIpc) is 2.97. The van der Waals surface area contributed by atoms with Gasteiger partial charge in [-0.2, -0.15) is 9.40 Å². The van der Waals surface area contributed by atoms with Gasteiger partial charge in [-0.15, -0.1) is 10.2 Å². The third kappa shape index (κ3) is 2.29. The number of piperidine rings is 1. The lowest BCUT2D eigenvalue weighted by atomic mass is 10.2. The number of hydrogen-bond donors (Lipinski definition) is 1. The molecule has 0 aliphatic carbocycles. The number of aromatic nitrogens is 4. The number of nitrogens with zero attached hydrogens (tertiary/aromatic N) is 4. The van der Waals surface area contributed by atoms with Crippen LogP contribution in [0.2, 0.25) is 0 Å². The van der Waals surface area contributed by atoms with Gasteiger partial charge in [-0.25, -0.2) is 8.42 Å². The molecule has 3 heterocycles. The van der Waals surface area contributed by atoms with Crippen molar-refractivity contribution in [2.45, 2.75) is 31.1 Å². The van der Waals surface area contributed by atoms with Crippen molar-refractivity contribution in [3.63, 3.8) is 0 Å². The van der Waals surface area contributed by atoms with Gasteiger partial charge in [0.05, 0.1) is 16.1 Å². The Morgan fingerprint density at radius 3 is 2.65 bits per heavy atom. The molecule has 1 N–H and O–H groups in total. The molecule has 0 unspecified atom stereocenters. The average molecular weight is 331 g/mol. The minimum atomic E-state index is -3.47. The highest BCUT2D eigenvalue weighted by molar-refractivity contribution is 7.89. The summed E-state index contributed by atoms with van der Waals surface area (Å²) in [6.07, 6.45) is 2.93. The maximum Gasteiger partial charge on any atom is 0.243 e. The van der Waals surface area contributed by atoms with E-state index < -0.39 is 10.0 Å². The number of hydrogen-bond acceptors (Lipinski definition) is 5. The first kappa shape index (κ1) is 14.5. The van der Waals surface area contributed by atoms with E-state index in [1.807, 2.05) is 6.92 Å². The summed E-state index contributed by atoms with van der Waals surface area (Å²) in [6.45, 7) is 3.04. The van der Waals surface area contributed by atoms with Crippen LogP contribution in [0.25, 0.3) is 21.9 Å². The van der Waals surface area contributed by atoms with E-state index in [4.69, 9.17) is 0 Å². The summed E-state index contributed by atoms with van der Waals surface area (Å²) >= 11 is 0. The molecule has 23 heavy (non-hydrogen) atoms. The molecule has 120 valence electrons. The quantitative estimate of drug-likeness (QED) is 0.775. The highest BCUT2D eigenvalue weighted by Crippen LogP contribution is 2.27. The van der Waals surface area contributed by atoms with Gasteiger partial charge in [0, 0.05) is 18.5 Å². The number of aryl methyl sites for hydroxylation is 1. The second-order valence-corrected chi connectivity index (χ2v) is 7.83. The van der Waals surface area contributed by atoms with Gasteiger partial charge in [0.25, 0.3) is 0 Å². The fourth-order valence-corrected chi connectivity index (χ4v) is 4.59.